The molecule has 1 aliphatic heterocycles. The van der Waals surface area contributed by atoms with Crippen LogP contribution in [0.25, 0.3) is 11.0 Å². The van der Waals surface area contributed by atoms with Crippen LogP contribution in [-0.4, -0.2) is 33.6 Å². The fourth-order valence-electron chi connectivity index (χ4n) is 4.03. The molecule has 0 aliphatic carbocycles. The number of fused-ring (bicyclic) bond motifs is 1. The van der Waals surface area contributed by atoms with E-state index >= 15 is 0 Å². The Kier molecular flexibility index (Phi) is 4.77. The highest BCUT2D eigenvalue weighted by atomic mass is 19.1. The maximum atomic E-state index is 13.3. The lowest BCUT2D eigenvalue weighted by Crippen LogP contribution is -2.39. The number of nitrogens with zero attached hydrogens (tertiary/aromatic N) is 3. The topological polar surface area (TPSA) is 21.1 Å². The molecule has 3 aromatic rings. The average Bonchev–Trinajstić information content (AvgIpc) is 3.02. The van der Waals surface area contributed by atoms with E-state index in [-0.39, 0.29) is 5.82 Å². The monoisotopic (exact) mass is 351 g/mol. The fraction of sp³-hybridized carbons (Fsp3) is 0.409. The number of hydrogen-bond acceptors (Lipinski definition) is 2. The maximum Gasteiger partial charge on any atom is 0.123 e. The third-order valence-corrected chi connectivity index (χ3v) is 5.49. The van der Waals surface area contributed by atoms with Crippen molar-refractivity contribution in [3.05, 3.63) is 65.7 Å². The minimum atomic E-state index is -0.190. The summed E-state index contributed by atoms with van der Waals surface area (Å²) in [6.07, 6.45) is 2.39. The van der Waals surface area contributed by atoms with Crippen molar-refractivity contribution in [1.29, 1.82) is 0 Å². The van der Waals surface area contributed by atoms with Crippen molar-refractivity contribution >= 4 is 11.0 Å². The van der Waals surface area contributed by atoms with Gasteiger partial charge in [-0.3, -0.25) is 0 Å². The highest BCUT2D eigenvalue weighted by Crippen LogP contribution is 2.30. The van der Waals surface area contributed by atoms with Crippen molar-refractivity contribution in [2.24, 2.45) is 0 Å². The first-order valence-corrected chi connectivity index (χ1v) is 9.55. The van der Waals surface area contributed by atoms with E-state index in [4.69, 9.17) is 4.98 Å². The van der Waals surface area contributed by atoms with Crippen LogP contribution in [-0.2, 0) is 6.54 Å². The summed E-state index contributed by atoms with van der Waals surface area (Å²) < 4.78 is 15.6. The van der Waals surface area contributed by atoms with Crippen LogP contribution in [0.2, 0.25) is 0 Å². The zero-order valence-corrected chi connectivity index (χ0v) is 15.5. The Morgan fingerprint density at radius 2 is 1.88 bits per heavy atom. The lowest BCUT2D eigenvalue weighted by molar-refractivity contribution is 0.163. The van der Waals surface area contributed by atoms with Gasteiger partial charge in [-0.05, 0) is 63.1 Å². The first kappa shape index (κ1) is 17.2. The number of benzene rings is 2. The molecule has 26 heavy (non-hydrogen) atoms. The van der Waals surface area contributed by atoms with Crippen molar-refractivity contribution in [2.45, 2.75) is 45.2 Å². The van der Waals surface area contributed by atoms with E-state index in [0.717, 1.165) is 29.7 Å². The van der Waals surface area contributed by atoms with Crippen molar-refractivity contribution in [2.75, 3.05) is 13.1 Å². The zero-order valence-electron chi connectivity index (χ0n) is 15.5. The zero-order chi connectivity index (χ0) is 18.1. The number of para-hydroxylation sites is 2. The fourth-order valence-corrected chi connectivity index (χ4v) is 4.03. The summed E-state index contributed by atoms with van der Waals surface area (Å²) in [5.41, 5.74) is 3.31. The second-order valence-electron chi connectivity index (χ2n) is 7.60. The largest absolute Gasteiger partial charge is 0.323 e. The molecule has 3 nitrogen and oxygen atoms in total. The Bertz CT molecular complexity index is 882. The first-order valence-electron chi connectivity index (χ1n) is 9.55. The van der Waals surface area contributed by atoms with Gasteiger partial charge >= 0.3 is 0 Å². The van der Waals surface area contributed by atoms with Gasteiger partial charge < -0.3 is 9.47 Å². The van der Waals surface area contributed by atoms with E-state index in [2.05, 4.69) is 41.5 Å². The van der Waals surface area contributed by atoms with Gasteiger partial charge in [0.1, 0.15) is 11.6 Å². The molecule has 0 N–H and O–H groups in total. The molecule has 1 unspecified atom stereocenters. The van der Waals surface area contributed by atoms with Crippen molar-refractivity contribution in [1.82, 2.24) is 14.5 Å². The molecular formula is C22H26FN3. The predicted molar refractivity (Wildman–Crippen MR) is 104 cm³/mol. The third-order valence-electron chi connectivity index (χ3n) is 5.49. The molecule has 0 amide bonds. The first-order chi connectivity index (χ1) is 12.6. The van der Waals surface area contributed by atoms with Crippen LogP contribution >= 0.6 is 0 Å². The number of aromatic nitrogens is 2. The van der Waals surface area contributed by atoms with Crippen molar-refractivity contribution < 1.29 is 4.39 Å². The van der Waals surface area contributed by atoms with Crippen LogP contribution in [0.1, 0.15) is 44.0 Å². The van der Waals surface area contributed by atoms with Crippen LogP contribution in [0.15, 0.2) is 48.5 Å². The normalized spacial score (nSPS) is 18.7. The van der Waals surface area contributed by atoms with E-state index < -0.39 is 0 Å². The van der Waals surface area contributed by atoms with Crippen LogP contribution < -0.4 is 0 Å². The summed E-state index contributed by atoms with van der Waals surface area (Å²) in [6, 6.07) is 15.7. The van der Waals surface area contributed by atoms with E-state index in [1.807, 2.05) is 18.2 Å². The molecule has 1 fully saturated rings. The Hall–Kier alpha value is -2.20. The highest BCUT2D eigenvalue weighted by molar-refractivity contribution is 5.76. The SMILES string of the molecule is CC(C)N1CCCC(c2nc3ccccc3n2Cc2ccc(F)cc2)C1. The summed E-state index contributed by atoms with van der Waals surface area (Å²) in [6.45, 7) is 7.50. The number of hydrogen-bond donors (Lipinski definition) is 0. The van der Waals surface area contributed by atoms with Gasteiger partial charge in [-0.1, -0.05) is 24.3 Å². The molecule has 2 aromatic carbocycles. The van der Waals surface area contributed by atoms with Gasteiger partial charge in [0, 0.05) is 25.0 Å². The lowest BCUT2D eigenvalue weighted by atomic mass is 9.96. The minimum absolute atomic E-state index is 0.190. The second-order valence-corrected chi connectivity index (χ2v) is 7.60. The Morgan fingerprint density at radius 1 is 1.12 bits per heavy atom. The molecule has 4 heteroatoms. The molecule has 1 aliphatic rings. The number of likely N-dealkylation sites (tertiary alicyclic amines) is 1. The molecule has 4 rings (SSSR count). The smallest absolute Gasteiger partial charge is 0.123 e. The molecule has 136 valence electrons. The number of rotatable bonds is 4. The Balaban J connectivity index is 1.72. The summed E-state index contributed by atoms with van der Waals surface area (Å²) in [4.78, 5) is 7.56. The van der Waals surface area contributed by atoms with Crippen LogP contribution in [0.4, 0.5) is 4.39 Å². The van der Waals surface area contributed by atoms with E-state index in [1.54, 1.807) is 0 Å². The van der Waals surface area contributed by atoms with Gasteiger partial charge in [0.25, 0.3) is 0 Å². The van der Waals surface area contributed by atoms with E-state index in [1.165, 1.54) is 37.3 Å². The van der Waals surface area contributed by atoms with Gasteiger partial charge in [0.2, 0.25) is 0 Å². The van der Waals surface area contributed by atoms with Crippen LogP contribution in [0.3, 0.4) is 0 Å². The molecule has 1 atom stereocenters. The van der Waals surface area contributed by atoms with Gasteiger partial charge in [0.15, 0.2) is 0 Å². The summed E-state index contributed by atoms with van der Waals surface area (Å²) >= 11 is 0. The standard InChI is InChI=1S/C22H26FN3/c1-16(2)25-13-5-6-18(15-25)22-24-20-7-3-4-8-21(20)26(22)14-17-9-11-19(23)12-10-17/h3-4,7-12,16,18H,5-6,13-15H2,1-2H3. The highest BCUT2D eigenvalue weighted by Gasteiger charge is 2.27. The maximum absolute atomic E-state index is 13.3. The number of imidazole rings is 1. The van der Waals surface area contributed by atoms with Gasteiger partial charge in [-0.25, -0.2) is 9.37 Å². The molecule has 0 spiro atoms. The summed E-state index contributed by atoms with van der Waals surface area (Å²) in [7, 11) is 0. The molecule has 1 saturated heterocycles. The number of piperidine rings is 1. The summed E-state index contributed by atoms with van der Waals surface area (Å²) in [5, 5.41) is 0. The number of halogens is 1. The molecule has 0 bridgehead atoms. The summed E-state index contributed by atoms with van der Waals surface area (Å²) in [5.74, 6) is 1.42. The molecule has 0 saturated carbocycles. The molecule has 0 radical (unpaired) electrons. The Labute approximate surface area is 154 Å². The molecule has 1 aromatic heterocycles. The minimum Gasteiger partial charge on any atom is -0.323 e. The van der Waals surface area contributed by atoms with Crippen molar-refractivity contribution in [3.63, 3.8) is 0 Å². The molecular weight excluding hydrogens is 325 g/mol. The van der Waals surface area contributed by atoms with E-state index in [9.17, 15) is 4.39 Å². The molecule has 2 heterocycles. The van der Waals surface area contributed by atoms with Gasteiger partial charge in [-0.15, -0.1) is 0 Å². The lowest BCUT2D eigenvalue weighted by Gasteiger charge is -2.35. The second kappa shape index (κ2) is 7.20. The van der Waals surface area contributed by atoms with Crippen LogP contribution in [0, 0.1) is 5.82 Å². The van der Waals surface area contributed by atoms with Crippen LogP contribution in [0.5, 0.6) is 0 Å². The van der Waals surface area contributed by atoms with Gasteiger partial charge in [-0.2, -0.15) is 0 Å². The average molecular weight is 351 g/mol. The van der Waals surface area contributed by atoms with Gasteiger partial charge in [0.05, 0.1) is 11.0 Å². The quantitative estimate of drug-likeness (QED) is 0.672. The third kappa shape index (κ3) is 3.38. The van der Waals surface area contributed by atoms with E-state index in [0.29, 0.717) is 12.0 Å². The predicted octanol–water partition coefficient (Wildman–Crippen LogP) is 4.81. The Morgan fingerprint density at radius 3 is 2.65 bits per heavy atom. The van der Waals surface area contributed by atoms with Crippen molar-refractivity contribution in [3.8, 4) is 0 Å².